The summed E-state index contributed by atoms with van der Waals surface area (Å²) in [6.07, 6.45) is 0.443. The summed E-state index contributed by atoms with van der Waals surface area (Å²) in [5.74, 6) is -1.77. The number of hydrogen-bond donors (Lipinski definition) is 2. The summed E-state index contributed by atoms with van der Waals surface area (Å²) >= 11 is 7.34. The maximum atomic E-state index is 15.7. The molecule has 0 spiro atoms. The van der Waals surface area contributed by atoms with Gasteiger partial charge in [-0.3, -0.25) is 4.90 Å². The Labute approximate surface area is 262 Å². The molecule has 2 aliphatic heterocycles. The number of piperidine rings is 1. The Kier molecular flexibility index (Phi) is 11.0. The van der Waals surface area contributed by atoms with Gasteiger partial charge in [0.25, 0.3) is 0 Å². The lowest BCUT2D eigenvalue weighted by Gasteiger charge is -2.32. The van der Waals surface area contributed by atoms with Gasteiger partial charge in [0.1, 0.15) is 12.9 Å². The largest absolute Gasteiger partial charge is 0.480 e. The van der Waals surface area contributed by atoms with Crippen molar-refractivity contribution < 1.29 is 32.2 Å². The van der Waals surface area contributed by atoms with Crippen LogP contribution in [-0.2, 0) is 22.3 Å². The molecule has 1 atom stereocenters. The second kappa shape index (κ2) is 14.4. The molecule has 0 bridgehead atoms. The number of carboxylic acid groups (broad SMARTS) is 1. The van der Waals surface area contributed by atoms with E-state index in [-0.39, 0.29) is 47.5 Å². The summed E-state index contributed by atoms with van der Waals surface area (Å²) in [5, 5.41) is 12.0. The van der Waals surface area contributed by atoms with Gasteiger partial charge in [-0.25, -0.2) is 19.7 Å². The maximum Gasteiger partial charge on any atom is 0.416 e. The number of aromatic nitrogens is 3. The number of thiazole rings is 1. The van der Waals surface area contributed by atoms with Gasteiger partial charge in [0.2, 0.25) is 5.82 Å². The van der Waals surface area contributed by atoms with Crippen LogP contribution in [0.25, 0.3) is 11.3 Å². The van der Waals surface area contributed by atoms with E-state index in [0.29, 0.717) is 44.2 Å². The molecule has 3 aromatic rings. The molecule has 2 aromatic heterocycles. The first-order valence-electron chi connectivity index (χ1n) is 14.0. The number of carboxylic acids is 1. The van der Waals surface area contributed by atoms with Crippen molar-refractivity contribution in [1.82, 2.24) is 19.9 Å². The van der Waals surface area contributed by atoms with Crippen molar-refractivity contribution in [3.63, 3.8) is 0 Å². The van der Waals surface area contributed by atoms with Gasteiger partial charge in [0.05, 0.1) is 17.4 Å². The molecule has 0 unspecified atom stereocenters. The zero-order chi connectivity index (χ0) is 30.7. The van der Waals surface area contributed by atoms with E-state index in [1.165, 1.54) is 23.7 Å². The van der Waals surface area contributed by atoms with E-state index in [0.717, 1.165) is 42.8 Å². The molecule has 0 amide bonds. The molecule has 15 heteroatoms. The number of nitrogens with zero attached hydrogens (tertiary/aromatic N) is 5. The van der Waals surface area contributed by atoms with Gasteiger partial charge in [-0.2, -0.15) is 17.6 Å². The van der Waals surface area contributed by atoms with Crippen molar-refractivity contribution >= 4 is 45.7 Å². The number of halogens is 5. The van der Waals surface area contributed by atoms with Crippen LogP contribution in [0.4, 0.5) is 34.3 Å². The first-order valence-corrected chi connectivity index (χ1v) is 15.2. The zero-order valence-electron chi connectivity index (χ0n) is 23.3. The van der Waals surface area contributed by atoms with Gasteiger partial charge in [0, 0.05) is 41.1 Å². The highest BCUT2D eigenvalue weighted by atomic mass is 35.5. The fourth-order valence-corrected chi connectivity index (χ4v) is 6.81. The average Bonchev–Trinajstić information content (AvgIpc) is 3.59. The van der Waals surface area contributed by atoms with Crippen molar-refractivity contribution in [2.45, 2.75) is 71.3 Å². The van der Waals surface area contributed by atoms with E-state index in [4.69, 9.17) is 21.4 Å². The van der Waals surface area contributed by atoms with Gasteiger partial charge in [-0.05, 0) is 56.8 Å². The van der Waals surface area contributed by atoms with Crippen molar-refractivity contribution in [3.8, 4) is 11.3 Å². The normalized spacial score (nSPS) is 18.0. The molecule has 9 nitrogen and oxygen atoms in total. The Morgan fingerprint density at radius 2 is 1.93 bits per heavy atom. The summed E-state index contributed by atoms with van der Waals surface area (Å²) in [6.45, 7) is 3.89. The smallest absolute Gasteiger partial charge is 0.416 e. The molecule has 1 aromatic carbocycles. The molecule has 0 radical (unpaired) electrons. The highest BCUT2D eigenvalue weighted by molar-refractivity contribution is 7.16. The van der Waals surface area contributed by atoms with Crippen LogP contribution in [0.2, 0.25) is 5.02 Å². The molecule has 2 saturated heterocycles. The molecule has 44 heavy (non-hydrogen) atoms. The van der Waals surface area contributed by atoms with Gasteiger partial charge in [0.15, 0.2) is 16.8 Å². The van der Waals surface area contributed by atoms with E-state index in [2.05, 4.69) is 32.1 Å². The number of alkyl halides is 3. The monoisotopic (exact) mass is 658 g/mol. The molecule has 4 heterocycles. The van der Waals surface area contributed by atoms with Gasteiger partial charge < -0.3 is 20.1 Å². The summed E-state index contributed by atoms with van der Waals surface area (Å²) in [4.78, 5) is 28.3. The number of hydrogen-bond acceptors (Lipinski definition) is 9. The molecular formula is C29H35ClF4N6O3S. The van der Waals surface area contributed by atoms with E-state index >= 15 is 4.39 Å². The van der Waals surface area contributed by atoms with Crippen LogP contribution in [0, 0.1) is 5.82 Å². The molecule has 2 fully saturated rings. The fraction of sp³-hybridized carbons (Fsp3) is 0.517. The lowest BCUT2D eigenvalue weighted by atomic mass is 10.1. The standard InChI is InChI=1S/C28H31ClF4N6O3S.CH4/c1-2-19-4-3-7-39(19)13-21-24(16-10-17(28(31,32)33)12-18(29)11-16)36-27(43-21)37-25-23(30)26(35-15-34-25)38-8-5-20(6-9-38)42-14-22(40)41;/h10-12,15,19-20H,2-9,13-14H2,1H3,(H,40,41)(H,34,35,36,37);1H4/t19-;/m1./s1. The van der Waals surface area contributed by atoms with Crippen molar-refractivity contribution in [2.24, 2.45) is 0 Å². The van der Waals surface area contributed by atoms with E-state index in [1.54, 1.807) is 4.90 Å². The number of rotatable bonds is 10. The lowest BCUT2D eigenvalue weighted by Crippen LogP contribution is -2.38. The minimum Gasteiger partial charge on any atom is -0.480 e. The van der Waals surface area contributed by atoms with E-state index < -0.39 is 23.5 Å². The molecule has 2 N–H and O–H groups in total. The Morgan fingerprint density at radius 1 is 1.18 bits per heavy atom. The minimum atomic E-state index is -4.59. The van der Waals surface area contributed by atoms with Crippen LogP contribution in [0.15, 0.2) is 24.5 Å². The van der Waals surface area contributed by atoms with Crippen LogP contribution in [-0.4, -0.2) is 69.3 Å². The Hall–Kier alpha value is -3.07. The predicted molar refractivity (Wildman–Crippen MR) is 162 cm³/mol. The van der Waals surface area contributed by atoms with Gasteiger partial charge >= 0.3 is 12.1 Å². The Bertz CT molecular complexity index is 1450. The SMILES string of the molecule is C.CC[C@@H]1CCCN1Cc1sc(Nc2ncnc(N3CCC(OCC(=O)O)CC3)c2F)nc1-c1cc(Cl)cc(C(F)(F)F)c1. The van der Waals surface area contributed by atoms with Crippen molar-refractivity contribution in [1.29, 1.82) is 0 Å². The molecular weight excluding hydrogens is 624 g/mol. The highest BCUT2D eigenvalue weighted by Crippen LogP contribution is 2.40. The second-order valence-corrected chi connectivity index (χ2v) is 12.1. The third-order valence-corrected chi connectivity index (χ3v) is 8.87. The zero-order valence-corrected chi connectivity index (χ0v) is 24.9. The Balaban J connectivity index is 0.00000442. The summed E-state index contributed by atoms with van der Waals surface area (Å²) < 4.78 is 61.9. The van der Waals surface area contributed by atoms with Gasteiger partial charge in [-0.15, -0.1) is 0 Å². The first-order chi connectivity index (χ1) is 20.5. The Morgan fingerprint density at radius 3 is 2.61 bits per heavy atom. The third-order valence-electron chi connectivity index (χ3n) is 7.69. The first kappa shape index (κ1) is 33.8. The van der Waals surface area contributed by atoms with Crippen LogP contribution in [0.3, 0.4) is 0 Å². The maximum absolute atomic E-state index is 15.7. The van der Waals surface area contributed by atoms with Crippen LogP contribution >= 0.6 is 22.9 Å². The summed E-state index contributed by atoms with van der Waals surface area (Å²) in [7, 11) is 0. The second-order valence-electron chi connectivity index (χ2n) is 10.6. The van der Waals surface area contributed by atoms with E-state index in [9.17, 15) is 18.0 Å². The lowest BCUT2D eigenvalue weighted by molar-refractivity contribution is -0.144. The predicted octanol–water partition coefficient (Wildman–Crippen LogP) is 7.24. The fourth-order valence-electron chi connectivity index (χ4n) is 5.57. The van der Waals surface area contributed by atoms with Crippen LogP contribution < -0.4 is 10.2 Å². The van der Waals surface area contributed by atoms with Crippen LogP contribution in [0.1, 0.15) is 56.9 Å². The average molecular weight is 659 g/mol. The number of ether oxygens (including phenoxy) is 1. The molecule has 0 aliphatic carbocycles. The summed E-state index contributed by atoms with van der Waals surface area (Å²) in [5.41, 5.74) is -0.303. The van der Waals surface area contributed by atoms with E-state index in [1.807, 2.05) is 0 Å². The topological polar surface area (TPSA) is 104 Å². The number of anilines is 3. The number of likely N-dealkylation sites (tertiary alicyclic amines) is 1. The van der Waals surface area contributed by atoms with Crippen molar-refractivity contribution in [2.75, 3.05) is 36.5 Å². The number of aliphatic carboxylic acids is 1. The number of carbonyl (C=O) groups is 1. The molecule has 2 aliphatic rings. The molecule has 5 rings (SSSR count). The third kappa shape index (κ3) is 7.95. The number of nitrogens with one attached hydrogen (secondary N) is 1. The van der Waals surface area contributed by atoms with Gasteiger partial charge in [-0.1, -0.05) is 37.3 Å². The summed E-state index contributed by atoms with van der Waals surface area (Å²) in [6, 6.07) is 3.72. The quantitative estimate of drug-likeness (QED) is 0.218. The van der Waals surface area contributed by atoms with Crippen LogP contribution in [0.5, 0.6) is 0 Å². The molecule has 0 saturated carbocycles. The van der Waals surface area contributed by atoms with Crippen molar-refractivity contribution in [3.05, 3.63) is 45.8 Å². The minimum absolute atomic E-state index is 0. The number of benzene rings is 1. The highest BCUT2D eigenvalue weighted by Gasteiger charge is 2.32. The molecule has 240 valence electrons.